The average Bonchev–Trinajstić information content (AvgIpc) is 2.52. The van der Waals surface area contributed by atoms with Crippen LogP contribution in [-0.4, -0.2) is 24.9 Å². The molecule has 0 unspecified atom stereocenters. The summed E-state index contributed by atoms with van der Waals surface area (Å²) in [5.74, 6) is -4.99. The first-order chi connectivity index (χ1) is 12.4. The summed E-state index contributed by atoms with van der Waals surface area (Å²) in [7, 11) is 0. The van der Waals surface area contributed by atoms with Gasteiger partial charge in [0.05, 0.1) is 22.9 Å². The smallest absolute Gasteiger partial charge is 0.260 e. The normalized spacial score (nSPS) is 13.8. The van der Waals surface area contributed by atoms with E-state index in [9.17, 15) is 22.8 Å². The zero-order chi connectivity index (χ0) is 18.8. The molecule has 0 atom stereocenters. The zero-order valence-electron chi connectivity index (χ0n) is 13.2. The minimum absolute atomic E-state index is 0.126. The molecular weight excluding hydrogens is 462 g/mol. The number of nitrogens with one attached hydrogen (secondary N) is 3. The molecule has 0 spiro atoms. The maximum Gasteiger partial charge on any atom is 0.260 e. The van der Waals surface area contributed by atoms with Crippen LogP contribution in [0.2, 0.25) is 0 Å². The van der Waals surface area contributed by atoms with E-state index in [2.05, 4.69) is 16.0 Å². The van der Waals surface area contributed by atoms with E-state index < -0.39 is 35.0 Å². The molecule has 9 heteroatoms. The van der Waals surface area contributed by atoms with Crippen molar-refractivity contribution in [1.29, 1.82) is 0 Å². The Hall–Kier alpha value is -2.14. The van der Waals surface area contributed by atoms with Gasteiger partial charge in [-0.3, -0.25) is 14.9 Å². The Bertz CT molecular complexity index is 888. The second-order valence-electron chi connectivity index (χ2n) is 5.71. The molecule has 0 aromatic heterocycles. The first kappa shape index (κ1) is 18.6. The molecule has 1 aliphatic heterocycles. The van der Waals surface area contributed by atoms with Crippen molar-refractivity contribution in [3.63, 3.8) is 0 Å². The lowest BCUT2D eigenvalue weighted by atomic mass is 10.0. The number of hydrogen-bond acceptors (Lipinski definition) is 4. The van der Waals surface area contributed by atoms with Crippen molar-refractivity contribution in [3.8, 4) is 0 Å². The van der Waals surface area contributed by atoms with Crippen molar-refractivity contribution in [3.05, 3.63) is 56.9 Å². The number of carbonyl (C=O) groups excluding carboxylic acids is 2. The summed E-state index contributed by atoms with van der Waals surface area (Å²) in [6.07, 6.45) is 0. The molecule has 136 valence electrons. The third-order valence-corrected chi connectivity index (χ3v) is 4.59. The van der Waals surface area contributed by atoms with Crippen molar-refractivity contribution in [2.45, 2.75) is 0 Å². The molecule has 2 amide bonds. The molecule has 5 nitrogen and oxygen atoms in total. The van der Waals surface area contributed by atoms with Crippen LogP contribution in [0.1, 0.15) is 10.4 Å². The fourth-order valence-electron chi connectivity index (χ4n) is 2.34. The van der Waals surface area contributed by atoms with Crippen LogP contribution in [0.15, 0.2) is 30.3 Å². The van der Waals surface area contributed by atoms with Crippen LogP contribution in [0.25, 0.3) is 0 Å². The van der Waals surface area contributed by atoms with E-state index in [4.69, 9.17) is 0 Å². The van der Waals surface area contributed by atoms with E-state index in [0.717, 1.165) is 12.1 Å². The number of imide groups is 1. The minimum atomic E-state index is -1.34. The first-order valence-electron chi connectivity index (χ1n) is 7.63. The number of rotatable bonds is 4. The Balaban J connectivity index is 1.91. The first-order valence-corrected chi connectivity index (χ1v) is 8.70. The number of anilines is 2. The molecule has 1 aliphatic rings. The van der Waals surface area contributed by atoms with Crippen molar-refractivity contribution in [2.24, 2.45) is 5.92 Å². The van der Waals surface area contributed by atoms with Gasteiger partial charge >= 0.3 is 0 Å². The second-order valence-corrected chi connectivity index (χ2v) is 6.95. The Labute approximate surface area is 160 Å². The van der Waals surface area contributed by atoms with E-state index in [-0.39, 0.29) is 17.2 Å². The van der Waals surface area contributed by atoms with Gasteiger partial charge < -0.3 is 10.6 Å². The number of carbonyl (C=O) groups is 2. The summed E-state index contributed by atoms with van der Waals surface area (Å²) < 4.78 is 42.5. The SMILES string of the molecule is O=C(NC(=O)C1CNC1)c1ccc(F)c(F)c1Nc1ccc(I)cc1F. The Kier molecular flexibility index (Phi) is 5.47. The van der Waals surface area contributed by atoms with Crippen molar-refractivity contribution in [1.82, 2.24) is 10.6 Å². The summed E-state index contributed by atoms with van der Waals surface area (Å²) in [6, 6.07) is 5.92. The van der Waals surface area contributed by atoms with Crippen LogP contribution in [0.4, 0.5) is 24.5 Å². The summed E-state index contributed by atoms with van der Waals surface area (Å²) in [5, 5.41) is 7.45. The molecule has 3 rings (SSSR count). The molecule has 2 aromatic rings. The fraction of sp³-hybridized carbons (Fsp3) is 0.176. The molecule has 0 radical (unpaired) electrons. The molecule has 0 aliphatic carbocycles. The topological polar surface area (TPSA) is 70.2 Å². The molecular formula is C17H13F3IN3O2. The van der Waals surface area contributed by atoms with E-state index in [1.165, 1.54) is 12.1 Å². The highest BCUT2D eigenvalue weighted by Crippen LogP contribution is 2.28. The molecule has 1 heterocycles. The Morgan fingerprint density at radius 1 is 1.08 bits per heavy atom. The van der Waals surface area contributed by atoms with Gasteiger partial charge in [0.1, 0.15) is 5.82 Å². The average molecular weight is 475 g/mol. The van der Waals surface area contributed by atoms with Gasteiger partial charge in [-0.25, -0.2) is 13.2 Å². The van der Waals surface area contributed by atoms with Crippen LogP contribution in [-0.2, 0) is 4.79 Å². The molecule has 1 saturated heterocycles. The lowest BCUT2D eigenvalue weighted by Crippen LogP contribution is -2.51. The number of benzene rings is 2. The van der Waals surface area contributed by atoms with Crippen LogP contribution < -0.4 is 16.0 Å². The van der Waals surface area contributed by atoms with Crippen LogP contribution in [0.3, 0.4) is 0 Å². The van der Waals surface area contributed by atoms with Crippen LogP contribution >= 0.6 is 22.6 Å². The summed E-state index contributed by atoms with van der Waals surface area (Å²) in [6.45, 7) is 0.881. The molecule has 0 saturated carbocycles. The second kappa shape index (κ2) is 7.62. The van der Waals surface area contributed by atoms with Gasteiger partial charge in [0.15, 0.2) is 11.6 Å². The highest BCUT2D eigenvalue weighted by atomic mass is 127. The van der Waals surface area contributed by atoms with Gasteiger partial charge in [-0.1, -0.05) is 0 Å². The van der Waals surface area contributed by atoms with Gasteiger partial charge in [0.25, 0.3) is 5.91 Å². The van der Waals surface area contributed by atoms with Crippen LogP contribution in [0.5, 0.6) is 0 Å². The molecule has 0 bridgehead atoms. The van der Waals surface area contributed by atoms with Gasteiger partial charge in [-0.2, -0.15) is 0 Å². The highest BCUT2D eigenvalue weighted by molar-refractivity contribution is 14.1. The maximum absolute atomic E-state index is 14.3. The Morgan fingerprint density at radius 3 is 2.42 bits per heavy atom. The van der Waals surface area contributed by atoms with Gasteiger partial charge in [-0.15, -0.1) is 0 Å². The molecule has 2 aromatic carbocycles. The van der Waals surface area contributed by atoms with E-state index in [1.54, 1.807) is 6.07 Å². The van der Waals surface area contributed by atoms with Crippen molar-refractivity contribution in [2.75, 3.05) is 18.4 Å². The lowest BCUT2D eigenvalue weighted by Gasteiger charge is -2.25. The summed E-state index contributed by atoms with van der Waals surface area (Å²) in [5.41, 5.74) is -0.969. The van der Waals surface area contributed by atoms with Gasteiger partial charge in [0.2, 0.25) is 5.91 Å². The third-order valence-electron chi connectivity index (χ3n) is 3.92. The summed E-state index contributed by atoms with van der Waals surface area (Å²) in [4.78, 5) is 24.2. The largest absolute Gasteiger partial charge is 0.350 e. The van der Waals surface area contributed by atoms with Gasteiger partial charge in [0, 0.05) is 16.7 Å². The van der Waals surface area contributed by atoms with Crippen molar-refractivity contribution < 1.29 is 22.8 Å². The number of amides is 2. The van der Waals surface area contributed by atoms with E-state index in [1.807, 2.05) is 22.6 Å². The lowest BCUT2D eigenvalue weighted by molar-refractivity contribution is -0.125. The fourth-order valence-corrected chi connectivity index (χ4v) is 2.80. The third kappa shape index (κ3) is 3.83. The zero-order valence-corrected chi connectivity index (χ0v) is 15.4. The highest BCUT2D eigenvalue weighted by Gasteiger charge is 2.28. The predicted octanol–water partition coefficient (Wildman–Crippen LogP) is 2.93. The monoisotopic (exact) mass is 475 g/mol. The van der Waals surface area contributed by atoms with Crippen LogP contribution in [0, 0.1) is 26.9 Å². The quantitative estimate of drug-likeness (QED) is 0.470. The molecule has 1 fully saturated rings. The predicted molar refractivity (Wildman–Crippen MR) is 97.6 cm³/mol. The minimum Gasteiger partial charge on any atom is -0.350 e. The summed E-state index contributed by atoms with van der Waals surface area (Å²) >= 11 is 1.90. The maximum atomic E-state index is 14.3. The van der Waals surface area contributed by atoms with E-state index >= 15 is 0 Å². The van der Waals surface area contributed by atoms with Crippen molar-refractivity contribution >= 4 is 45.8 Å². The molecule has 26 heavy (non-hydrogen) atoms. The molecule has 3 N–H and O–H groups in total. The van der Waals surface area contributed by atoms with Gasteiger partial charge in [-0.05, 0) is 52.9 Å². The number of hydrogen-bond donors (Lipinski definition) is 3. The standard InChI is InChI=1S/C17H13F3IN3O2/c18-11-3-2-10(17(26)24-16(25)8-6-22-7-8)15(14(11)20)23-13-4-1-9(21)5-12(13)19/h1-5,8,22-23H,6-7H2,(H,24,25,26). The van der Waals surface area contributed by atoms with E-state index in [0.29, 0.717) is 16.7 Å². The number of halogens is 4. The Morgan fingerprint density at radius 2 is 1.81 bits per heavy atom.